The third-order valence-corrected chi connectivity index (χ3v) is 7.40. The number of likely N-dealkylation sites (tertiary alicyclic amines) is 1. The van der Waals surface area contributed by atoms with Gasteiger partial charge in [-0.25, -0.2) is 13.1 Å². The molecule has 168 valence electrons. The molecule has 0 unspecified atom stereocenters. The maximum atomic E-state index is 12.6. The number of Topliss-reactive ketones (excluding diaryl/α,β-unsaturated/α-hetero) is 1. The normalized spacial score (nSPS) is 18.9. The highest BCUT2D eigenvalue weighted by Crippen LogP contribution is 2.32. The minimum Gasteiger partial charge on any atom is -0.494 e. The van der Waals surface area contributed by atoms with Crippen LogP contribution in [0.25, 0.3) is 0 Å². The standard InChI is InChI=1S/C24H27N3O4S/c25-16-18-2-10-23(11-3-18)32(29,30)26-21-12-14-27(17-21)13-1-15-31-22-8-6-20(7-9-22)24(28)19-4-5-19/h2-3,6-11,19,21,26H,1,4-5,12-15,17H2/t21-/m1/s1. The van der Waals surface area contributed by atoms with Gasteiger partial charge in [0.1, 0.15) is 5.75 Å². The number of nitrogens with zero attached hydrogens (tertiary/aromatic N) is 2. The van der Waals surface area contributed by atoms with E-state index in [1.165, 1.54) is 24.3 Å². The van der Waals surface area contributed by atoms with Crippen molar-refractivity contribution in [3.05, 3.63) is 59.7 Å². The molecule has 1 atom stereocenters. The zero-order valence-electron chi connectivity index (χ0n) is 17.9. The predicted molar refractivity (Wildman–Crippen MR) is 120 cm³/mol. The first kappa shape index (κ1) is 22.5. The Morgan fingerprint density at radius 1 is 1.09 bits per heavy atom. The van der Waals surface area contributed by atoms with Gasteiger partial charge in [0.25, 0.3) is 0 Å². The van der Waals surface area contributed by atoms with Crippen molar-refractivity contribution in [2.45, 2.75) is 36.6 Å². The molecule has 1 aliphatic carbocycles. The summed E-state index contributed by atoms with van der Waals surface area (Å²) >= 11 is 0. The van der Waals surface area contributed by atoms with Crippen molar-refractivity contribution in [1.82, 2.24) is 9.62 Å². The van der Waals surface area contributed by atoms with Gasteiger partial charge in [0, 0.05) is 30.6 Å². The van der Waals surface area contributed by atoms with Crippen LogP contribution in [0.1, 0.15) is 41.6 Å². The zero-order valence-corrected chi connectivity index (χ0v) is 18.7. The van der Waals surface area contributed by atoms with Crippen molar-refractivity contribution in [3.8, 4) is 11.8 Å². The molecule has 1 saturated carbocycles. The molecule has 4 rings (SSSR count). The number of benzene rings is 2. The van der Waals surface area contributed by atoms with Gasteiger partial charge < -0.3 is 9.64 Å². The van der Waals surface area contributed by atoms with Crippen molar-refractivity contribution < 1.29 is 17.9 Å². The number of nitrogens with one attached hydrogen (secondary N) is 1. The molecule has 1 aliphatic heterocycles. The second kappa shape index (κ2) is 9.82. The molecule has 7 nitrogen and oxygen atoms in total. The van der Waals surface area contributed by atoms with E-state index in [9.17, 15) is 13.2 Å². The largest absolute Gasteiger partial charge is 0.494 e. The monoisotopic (exact) mass is 453 g/mol. The van der Waals surface area contributed by atoms with E-state index < -0.39 is 10.0 Å². The van der Waals surface area contributed by atoms with Gasteiger partial charge >= 0.3 is 0 Å². The summed E-state index contributed by atoms with van der Waals surface area (Å²) in [5.74, 6) is 1.21. The van der Waals surface area contributed by atoms with E-state index in [0.717, 1.165) is 50.1 Å². The minimum absolute atomic E-state index is 0.131. The number of rotatable bonds is 10. The average molecular weight is 454 g/mol. The molecule has 1 heterocycles. The topological polar surface area (TPSA) is 99.5 Å². The second-order valence-electron chi connectivity index (χ2n) is 8.41. The number of carbonyl (C=O) groups excluding carboxylic acids is 1. The molecule has 2 aliphatic rings. The van der Waals surface area contributed by atoms with Crippen LogP contribution >= 0.6 is 0 Å². The summed E-state index contributed by atoms with van der Waals surface area (Å²) in [6.45, 7) is 2.88. The molecule has 1 N–H and O–H groups in total. The Morgan fingerprint density at radius 2 is 1.81 bits per heavy atom. The molecule has 0 spiro atoms. The third-order valence-electron chi connectivity index (χ3n) is 5.86. The first-order chi connectivity index (χ1) is 15.4. The van der Waals surface area contributed by atoms with Crippen LogP contribution in [-0.2, 0) is 10.0 Å². The number of sulfonamides is 1. The molecule has 2 aromatic rings. The van der Waals surface area contributed by atoms with Crippen molar-refractivity contribution in [2.75, 3.05) is 26.2 Å². The highest BCUT2D eigenvalue weighted by Gasteiger charge is 2.30. The molecule has 0 aromatic heterocycles. The van der Waals surface area contributed by atoms with E-state index >= 15 is 0 Å². The van der Waals surface area contributed by atoms with E-state index in [-0.39, 0.29) is 22.6 Å². The number of ketones is 1. The lowest BCUT2D eigenvalue weighted by molar-refractivity contribution is 0.0967. The number of hydrogen-bond acceptors (Lipinski definition) is 6. The summed E-state index contributed by atoms with van der Waals surface area (Å²) in [4.78, 5) is 14.4. The second-order valence-corrected chi connectivity index (χ2v) is 10.1. The van der Waals surface area contributed by atoms with E-state index in [1.54, 1.807) is 0 Å². The van der Waals surface area contributed by atoms with Crippen LogP contribution in [0.3, 0.4) is 0 Å². The molecule has 32 heavy (non-hydrogen) atoms. The summed E-state index contributed by atoms with van der Waals surface area (Å²) in [6, 6.07) is 15.1. The fraction of sp³-hybridized carbons (Fsp3) is 0.417. The van der Waals surface area contributed by atoms with Crippen LogP contribution in [0, 0.1) is 17.2 Å². The summed E-state index contributed by atoms with van der Waals surface area (Å²) in [5.41, 5.74) is 1.19. The van der Waals surface area contributed by atoms with Crippen LogP contribution in [0.5, 0.6) is 5.75 Å². The first-order valence-corrected chi connectivity index (χ1v) is 12.4. The maximum absolute atomic E-state index is 12.6. The molecule has 2 aromatic carbocycles. The van der Waals surface area contributed by atoms with E-state index in [2.05, 4.69) is 9.62 Å². The van der Waals surface area contributed by atoms with Gasteiger partial charge in [-0.2, -0.15) is 5.26 Å². The van der Waals surface area contributed by atoms with Crippen LogP contribution in [0.2, 0.25) is 0 Å². The van der Waals surface area contributed by atoms with Gasteiger partial charge in [0.15, 0.2) is 5.78 Å². The molecule has 1 saturated heterocycles. The van der Waals surface area contributed by atoms with Gasteiger partial charge in [-0.15, -0.1) is 0 Å². The number of ether oxygens (including phenoxy) is 1. The van der Waals surface area contributed by atoms with Gasteiger partial charge in [-0.05, 0) is 80.8 Å². The predicted octanol–water partition coefficient (Wildman–Crippen LogP) is 2.97. The van der Waals surface area contributed by atoms with Crippen molar-refractivity contribution in [1.29, 1.82) is 5.26 Å². The number of hydrogen-bond donors (Lipinski definition) is 1. The van der Waals surface area contributed by atoms with Gasteiger partial charge in [-0.3, -0.25) is 4.79 Å². The Hall–Kier alpha value is -2.73. The summed E-state index contributed by atoms with van der Waals surface area (Å²) < 4.78 is 33.7. The highest BCUT2D eigenvalue weighted by atomic mass is 32.2. The SMILES string of the molecule is N#Cc1ccc(S(=O)(=O)N[C@@H]2CCN(CCCOc3ccc(C(=O)C4CC4)cc3)C2)cc1. The molecule has 0 bridgehead atoms. The van der Waals surface area contributed by atoms with Crippen LogP contribution in [0.4, 0.5) is 0 Å². The van der Waals surface area contributed by atoms with Crippen LogP contribution in [-0.4, -0.2) is 51.4 Å². The molecule has 0 amide bonds. The first-order valence-electron chi connectivity index (χ1n) is 11.0. The molecular weight excluding hydrogens is 426 g/mol. The lowest BCUT2D eigenvalue weighted by Gasteiger charge is -2.17. The molecule has 8 heteroatoms. The fourth-order valence-corrected chi connectivity index (χ4v) is 5.16. The lowest BCUT2D eigenvalue weighted by Crippen LogP contribution is -2.37. The molecule has 0 radical (unpaired) electrons. The zero-order chi connectivity index (χ0) is 22.6. The molecule has 2 fully saturated rings. The Labute approximate surface area is 189 Å². The number of nitriles is 1. The average Bonchev–Trinajstić information content (AvgIpc) is 3.57. The van der Waals surface area contributed by atoms with Gasteiger partial charge in [0.2, 0.25) is 10.0 Å². The lowest BCUT2D eigenvalue weighted by atomic mass is 10.1. The Balaban J connectivity index is 1.17. The fourth-order valence-electron chi connectivity index (χ4n) is 3.90. The highest BCUT2D eigenvalue weighted by molar-refractivity contribution is 7.89. The Morgan fingerprint density at radius 3 is 2.47 bits per heavy atom. The molecular formula is C24H27N3O4S. The van der Waals surface area contributed by atoms with Crippen molar-refractivity contribution in [2.24, 2.45) is 5.92 Å². The van der Waals surface area contributed by atoms with E-state index in [1.807, 2.05) is 30.3 Å². The Bertz CT molecular complexity index is 1090. The van der Waals surface area contributed by atoms with Crippen molar-refractivity contribution in [3.63, 3.8) is 0 Å². The van der Waals surface area contributed by atoms with Gasteiger partial charge in [0.05, 0.1) is 23.1 Å². The summed E-state index contributed by atoms with van der Waals surface area (Å²) in [7, 11) is -3.60. The number of carbonyl (C=O) groups is 1. The third kappa shape index (κ3) is 5.74. The van der Waals surface area contributed by atoms with E-state index in [4.69, 9.17) is 10.00 Å². The minimum atomic E-state index is -3.60. The smallest absolute Gasteiger partial charge is 0.240 e. The summed E-state index contributed by atoms with van der Waals surface area (Å²) in [5, 5.41) is 8.85. The quantitative estimate of drug-likeness (QED) is 0.439. The van der Waals surface area contributed by atoms with Crippen LogP contribution in [0.15, 0.2) is 53.4 Å². The van der Waals surface area contributed by atoms with Gasteiger partial charge in [-0.1, -0.05) is 0 Å². The summed E-state index contributed by atoms with van der Waals surface area (Å²) in [6.07, 6.45) is 3.60. The van der Waals surface area contributed by atoms with Crippen LogP contribution < -0.4 is 9.46 Å². The van der Waals surface area contributed by atoms with Crippen molar-refractivity contribution >= 4 is 15.8 Å². The van der Waals surface area contributed by atoms with E-state index in [0.29, 0.717) is 18.7 Å². The Kier molecular flexibility index (Phi) is 6.89. The maximum Gasteiger partial charge on any atom is 0.240 e.